The molecule has 0 radical (unpaired) electrons. The summed E-state index contributed by atoms with van der Waals surface area (Å²) >= 11 is 0. The number of urea groups is 1. The molecular formula is C16H19N3O. The van der Waals surface area contributed by atoms with Crippen molar-refractivity contribution in [3.63, 3.8) is 0 Å². The van der Waals surface area contributed by atoms with Crippen molar-refractivity contribution in [1.29, 1.82) is 0 Å². The molecule has 0 spiro atoms. The lowest BCUT2D eigenvalue weighted by Gasteiger charge is -2.08. The third kappa shape index (κ3) is 4.39. The highest BCUT2D eigenvalue weighted by Crippen LogP contribution is 2.05. The van der Waals surface area contributed by atoms with E-state index in [2.05, 4.69) is 40.7 Å². The van der Waals surface area contributed by atoms with E-state index in [9.17, 15) is 4.79 Å². The van der Waals surface area contributed by atoms with Crippen LogP contribution in [0.15, 0.2) is 42.5 Å². The molecule has 1 aromatic carbocycles. The first-order valence-corrected chi connectivity index (χ1v) is 6.67. The molecule has 1 heterocycles. The van der Waals surface area contributed by atoms with E-state index in [1.807, 2.05) is 25.1 Å². The Kier molecular flexibility index (Phi) is 4.71. The predicted octanol–water partition coefficient (Wildman–Crippen LogP) is 3.06. The summed E-state index contributed by atoms with van der Waals surface area (Å²) in [6, 6.07) is 13.6. The number of nitrogens with one attached hydrogen (secondary N) is 2. The van der Waals surface area contributed by atoms with Crippen LogP contribution in [0.1, 0.15) is 16.8 Å². The number of aryl methyl sites for hydroxylation is 2. The second-order valence-corrected chi connectivity index (χ2v) is 4.78. The van der Waals surface area contributed by atoms with Crippen LogP contribution < -0.4 is 10.6 Å². The molecule has 2 aromatic rings. The minimum atomic E-state index is -0.226. The maximum absolute atomic E-state index is 11.7. The fraction of sp³-hybridized carbons (Fsp3) is 0.250. The Bertz CT molecular complexity index is 596. The molecule has 0 aliphatic carbocycles. The quantitative estimate of drug-likeness (QED) is 0.896. The van der Waals surface area contributed by atoms with Gasteiger partial charge in [-0.2, -0.15) is 0 Å². The van der Waals surface area contributed by atoms with E-state index in [0.29, 0.717) is 12.4 Å². The molecule has 1 aromatic heterocycles. The third-order valence-electron chi connectivity index (χ3n) is 2.91. The van der Waals surface area contributed by atoms with Crippen molar-refractivity contribution in [2.24, 2.45) is 0 Å². The second-order valence-electron chi connectivity index (χ2n) is 4.78. The van der Waals surface area contributed by atoms with Crippen molar-refractivity contribution in [2.75, 3.05) is 11.9 Å². The van der Waals surface area contributed by atoms with Gasteiger partial charge in [0.15, 0.2) is 0 Å². The van der Waals surface area contributed by atoms with Crippen molar-refractivity contribution in [3.05, 3.63) is 59.3 Å². The third-order valence-corrected chi connectivity index (χ3v) is 2.91. The van der Waals surface area contributed by atoms with E-state index in [0.717, 1.165) is 12.1 Å². The Morgan fingerprint density at radius 1 is 1.15 bits per heavy atom. The first-order valence-electron chi connectivity index (χ1n) is 6.67. The van der Waals surface area contributed by atoms with Crippen molar-refractivity contribution in [2.45, 2.75) is 20.3 Å². The van der Waals surface area contributed by atoms with Gasteiger partial charge in [0.05, 0.1) is 0 Å². The number of nitrogens with zero attached hydrogens (tertiary/aromatic N) is 1. The molecule has 20 heavy (non-hydrogen) atoms. The van der Waals surface area contributed by atoms with Gasteiger partial charge >= 0.3 is 6.03 Å². The Morgan fingerprint density at radius 3 is 2.70 bits per heavy atom. The number of amides is 2. The largest absolute Gasteiger partial charge is 0.337 e. The highest BCUT2D eigenvalue weighted by Gasteiger charge is 2.02. The van der Waals surface area contributed by atoms with Gasteiger partial charge in [-0.15, -0.1) is 0 Å². The molecule has 0 saturated heterocycles. The van der Waals surface area contributed by atoms with Gasteiger partial charge in [0.1, 0.15) is 5.82 Å². The van der Waals surface area contributed by atoms with E-state index in [4.69, 9.17) is 0 Å². The Morgan fingerprint density at radius 2 is 1.95 bits per heavy atom. The van der Waals surface area contributed by atoms with Crippen LogP contribution in [0, 0.1) is 13.8 Å². The molecule has 4 heteroatoms. The van der Waals surface area contributed by atoms with Crippen molar-refractivity contribution >= 4 is 11.8 Å². The molecule has 104 valence electrons. The number of pyridine rings is 1. The van der Waals surface area contributed by atoms with Crippen LogP contribution in [0.5, 0.6) is 0 Å². The van der Waals surface area contributed by atoms with Crippen LogP contribution in [0.3, 0.4) is 0 Å². The van der Waals surface area contributed by atoms with Crippen LogP contribution >= 0.6 is 0 Å². The molecule has 4 nitrogen and oxygen atoms in total. The fourth-order valence-electron chi connectivity index (χ4n) is 1.96. The molecule has 0 aliphatic rings. The van der Waals surface area contributed by atoms with Gasteiger partial charge in [0.25, 0.3) is 0 Å². The van der Waals surface area contributed by atoms with Crippen LogP contribution in [-0.4, -0.2) is 17.6 Å². The SMILES string of the molecule is Cc1cccc(CCNC(=O)Nc2cccc(C)n2)c1. The van der Waals surface area contributed by atoms with Gasteiger partial charge in [-0.25, -0.2) is 9.78 Å². The Balaban J connectivity index is 1.78. The summed E-state index contributed by atoms with van der Waals surface area (Å²) in [6.07, 6.45) is 0.816. The van der Waals surface area contributed by atoms with E-state index in [1.54, 1.807) is 6.07 Å². The van der Waals surface area contributed by atoms with Gasteiger partial charge in [-0.1, -0.05) is 35.9 Å². The maximum Gasteiger partial charge on any atom is 0.320 e. The zero-order valence-corrected chi connectivity index (χ0v) is 11.8. The van der Waals surface area contributed by atoms with Crippen LogP contribution in [0.2, 0.25) is 0 Å². The zero-order chi connectivity index (χ0) is 14.4. The number of hydrogen-bond donors (Lipinski definition) is 2. The highest BCUT2D eigenvalue weighted by atomic mass is 16.2. The van der Waals surface area contributed by atoms with Gasteiger partial charge in [0, 0.05) is 12.2 Å². The van der Waals surface area contributed by atoms with E-state index in [-0.39, 0.29) is 6.03 Å². The Hall–Kier alpha value is -2.36. The van der Waals surface area contributed by atoms with E-state index >= 15 is 0 Å². The van der Waals surface area contributed by atoms with Gasteiger partial charge in [-0.05, 0) is 38.0 Å². The average molecular weight is 269 g/mol. The van der Waals surface area contributed by atoms with E-state index < -0.39 is 0 Å². The Labute approximate surface area is 119 Å². The van der Waals surface area contributed by atoms with E-state index in [1.165, 1.54) is 11.1 Å². The lowest BCUT2D eigenvalue weighted by atomic mass is 10.1. The summed E-state index contributed by atoms with van der Waals surface area (Å²) in [5.41, 5.74) is 3.33. The summed E-state index contributed by atoms with van der Waals surface area (Å²) in [5.74, 6) is 0.568. The van der Waals surface area contributed by atoms with Crippen molar-refractivity contribution < 1.29 is 4.79 Å². The number of aromatic nitrogens is 1. The van der Waals surface area contributed by atoms with Crippen LogP contribution in [0.4, 0.5) is 10.6 Å². The van der Waals surface area contributed by atoms with Gasteiger partial charge in [-0.3, -0.25) is 5.32 Å². The fourth-order valence-corrected chi connectivity index (χ4v) is 1.96. The average Bonchev–Trinajstić information content (AvgIpc) is 2.38. The summed E-state index contributed by atoms with van der Waals surface area (Å²) in [7, 11) is 0. The minimum absolute atomic E-state index is 0.226. The minimum Gasteiger partial charge on any atom is -0.337 e. The molecule has 0 saturated carbocycles. The second kappa shape index (κ2) is 6.70. The zero-order valence-electron chi connectivity index (χ0n) is 11.8. The van der Waals surface area contributed by atoms with Crippen LogP contribution in [-0.2, 0) is 6.42 Å². The number of rotatable bonds is 4. The molecule has 2 N–H and O–H groups in total. The molecule has 0 unspecified atom stereocenters. The lowest BCUT2D eigenvalue weighted by Crippen LogP contribution is -2.30. The molecule has 0 bridgehead atoms. The van der Waals surface area contributed by atoms with Gasteiger partial charge in [0.2, 0.25) is 0 Å². The number of hydrogen-bond acceptors (Lipinski definition) is 2. The monoisotopic (exact) mass is 269 g/mol. The maximum atomic E-state index is 11.7. The predicted molar refractivity (Wildman–Crippen MR) is 80.9 cm³/mol. The highest BCUT2D eigenvalue weighted by molar-refractivity contribution is 5.88. The van der Waals surface area contributed by atoms with Crippen molar-refractivity contribution in [1.82, 2.24) is 10.3 Å². The molecule has 2 amide bonds. The van der Waals surface area contributed by atoms with Crippen molar-refractivity contribution in [3.8, 4) is 0 Å². The molecule has 2 rings (SSSR count). The topological polar surface area (TPSA) is 54.0 Å². The molecule has 0 atom stereocenters. The smallest absolute Gasteiger partial charge is 0.320 e. The summed E-state index contributed by atoms with van der Waals surface area (Å²) in [4.78, 5) is 15.9. The number of carbonyl (C=O) groups is 1. The normalized spacial score (nSPS) is 10.1. The lowest BCUT2D eigenvalue weighted by molar-refractivity contribution is 0.252. The standard InChI is InChI=1S/C16H19N3O/c1-12-5-3-7-14(11-12)9-10-17-16(20)19-15-8-4-6-13(2)18-15/h3-8,11H,9-10H2,1-2H3,(H2,17,18,19,20). The number of benzene rings is 1. The first-order chi connectivity index (χ1) is 9.63. The van der Waals surface area contributed by atoms with Crippen LogP contribution in [0.25, 0.3) is 0 Å². The first kappa shape index (κ1) is 14.1. The number of carbonyl (C=O) groups excluding carboxylic acids is 1. The summed E-state index contributed by atoms with van der Waals surface area (Å²) in [5, 5.41) is 5.55. The summed E-state index contributed by atoms with van der Waals surface area (Å²) < 4.78 is 0. The molecule has 0 fully saturated rings. The summed E-state index contributed by atoms with van der Waals surface area (Å²) in [6.45, 7) is 4.55. The number of anilines is 1. The van der Waals surface area contributed by atoms with Gasteiger partial charge < -0.3 is 5.32 Å². The molecule has 0 aliphatic heterocycles. The molecular weight excluding hydrogens is 250 g/mol.